The average molecular weight is 278 g/mol. The predicted octanol–water partition coefficient (Wildman–Crippen LogP) is -0.438. The van der Waals surface area contributed by atoms with Crippen LogP contribution in [-0.4, -0.2) is 24.4 Å². The molecule has 4 amide bonds. The highest BCUT2D eigenvalue weighted by molar-refractivity contribution is 5.94. The van der Waals surface area contributed by atoms with Gasteiger partial charge in [-0.05, 0) is 12.5 Å². The average Bonchev–Trinajstić information content (AvgIpc) is 2.38. The lowest BCUT2D eigenvalue weighted by atomic mass is 9.92. The van der Waals surface area contributed by atoms with E-state index in [0.29, 0.717) is 5.56 Å². The molecule has 20 heavy (non-hydrogen) atoms. The van der Waals surface area contributed by atoms with Crippen LogP contribution in [-0.2, 0) is 15.1 Å². The molecule has 7 heteroatoms. The number of benzene rings is 1. The predicted molar refractivity (Wildman–Crippen MR) is 73.3 cm³/mol. The molecule has 1 aromatic carbocycles. The maximum Gasteiger partial charge on any atom is 0.318 e. The number of amides is 4. The zero-order chi connectivity index (χ0) is 15.2. The third kappa shape index (κ3) is 4.36. The molecule has 0 fully saturated rings. The first-order chi connectivity index (χ1) is 9.34. The number of carbonyl (C=O) groups is 3. The Hall–Kier alpha value is -2.41. The van der Waals surface area contributed by atoms with Crippen molar-refractivity contribution in [2.45, 2.75) is 18.9 Å². The molecule has 0 spiro atoms. The number of hydrogen-bond donors (Lipinski definition) is 4. The maximum atomic E-state index is 12.0. The smallest absolute Gasteiger partial charge is 0.318 e. The monoisotopic (exact) mass is 278 g/mol. The molecule has 1 rings (SSSR count). The molecule has 0 aliphatic heterocycles. The van der Waals surface area contributed by atoms with Crippen molar-refractivity contribution in [3.8, 4) is 0 Å². The zero-order valence-corrected chi connectivity index (χ0v) is 11.2. The van der Waals surface area contributed by atoms with Crippen molar-refractivity contribution in [1.29, 1.82) is 0 Å². The van der Waals surface area contributed by atoms with E-state index in [1.165, 1.54) is 0 Å². The third-order valence-corrected chi connectivity index (χ3v) is 2.75. The highest BCUT2D eigenvalue weighted by Crippen LogP contribution is 2.17. The van der Waals surface area contributed by atoms with E-state index in [0.717, 1.165) is 0 Å². The van der Waals surface area contributed by atoms with E-state index in [-0.39, 0.29) is 13.0 Å². The van der Waals surface area contributed by atoms with Gasteiger partial charge in [0.15, 0.2) is 0 Å². The van der Waals surface area contributed by atoms with Crippen LogP contribution in [0.15, 0.2) is 30.3 Å². The molecule has 0 aromatic heterocycles. The summed E-state index contributed by atoms with van der Waals surface area (Å²) in [6.07, 6.45) is -0.0560. The quantitative estimate of drug-likeness (QED) is 0.582. The molecular formula is C13H18N4O3. The number of nitrogens with two attached hydrogens (primary N) is 2. The second kappa shape index (κ2) is 6.67. The van der Waals surface area contributed by atoms with Crippen LogP contribution < -0.4 is 22.1 Å². The Morgan fingerprint density at radius 3 is 2.35 bits per heavy atom. The fourth-order valence-electron chi connectivity index (χ4n) is 1.59. The summed E-state index contributed by atoms with van der Waals surface area (Å²) in [4.78, 5) is 33.6. The summed E-state index contributed by atoms with van der Waals surface area (Å²) < 4.78 is 0. The first kappa shape index (κ1) is 15.6. The lowest BCUT2D eigenvalue weighted by Crippen LogP contribution is -2.49. The molecule has 0 bridgehead atoms. The number of primary amides is 1. The highest BCUT2D eigenvalue weighted by atomic mass is 16.2. The Bertz CT molecular complexity index is 500. The Morgan fingerprint density at radius 2 is 1.80 bits per heavy atom. The van der Waals surface area contributed by atoms with Gasteiger partial charge in [-0.2, -0.15) is 0 Å². The number of imide groups is 1. The lowest BCUT2D eigenvalue weighted by Gasteiger charge is -2.24. The lowest BCUT2D eigenvalue weighted by molar-refractivity contribution is -0.126. The van der Waals surface area contributed by atoms with Crippen LogP contribution in [0.1, 0.15) is 18.9 Å². The van der Waals surface area contributed by atoms with E-state index in [2.05, 4.69) is 5.32 Å². The zero-order valence-electron chi connectivity index (χ0n) is 11.2. The van der Waals surface area contributed by atoms with Crippen molar-refractivity contribution < 1.29 is 14.4 Å². The molecule has 0 saturated carbocycles. The molecule has 108 valence electrons. The normalized spacial score (nSPS) is 13.1. The second-order valence-electron chi connectivity index (χ2n) is 4.49. The van der Waals surface area contributed by atoms with Gasteiger partial charge >= 0.3 is 6.03 Å². The second-order valence-corrected chi connectivity index (χ2v) is 4.49. The molecule has 0 aliphatic carbocycles. The van der Waals surface area contributed by atoms with Crippen molar-refractivity contribution in [2.24, 2.45) is 11.5 Å². The minimum Gasteiger partial charge on any atom is -0.354 e. The summed E-state index contributed by atoms with van der Waals surface area (Å²) in [7, 11) is 0. The van der Waals surface area contributed by atoms with Gasteiger partial charge in [-0.1, -0.05) is 30.3 Å². The van der Waals surface area contributed by atoms with E-state index in [1.807, 2.05) is 11.4 Å². The Kier molecular flexibility index (Phi) is 5.22. The van der Waals surface area contributed by atoms with Crippen LogP contribution in [0.5, 0.6) is 0 Å². The van der Waals surface area contributed by atoms with E-state index >= 15 is 0 Å². The molecule has 6 N–H and O–H groups in total. The van der Waals surface area contributed by atoms with Gasteiger partial charge in [-0.3, -0.25) is 14.9 Å². The van der Waals surface area contributed by atoms with Crippen LogP contribution in [0, 0.1) is 0 Å². The van der Waals surface area contributed by atoms with Gasteiger partial charge in [0, 0.05) is 13.0 Å². The van der Waals surface area contributed by atoms with Crippen molar-refractivity contribution in [3.05, 3.63) is 35.9 Å². The highest BCUT2D eigenvalue weighted by Gasteiger charge is 2.29. The number of nitrogens with one attached hydrogen (secondary N) is 2. The van der Waals surface area contributed by atoms with Crippen LogP contribution in [0.3, 0.4) is 0 Å². The fraction of sp³-hybridized carbons (Fsp3) is 0.308. The number of rotatable bonds is 5. The van der Waals surface area contributed by atoms with E-state index in [1.54, 1.807) is 31.2 Å². The van der Waals surface area contributed by atoms with Gasteiger partial charge in [0.1, 0.15) is 5.54 Å². The molecule has 1 atom stereocenters. The summed E-state index contributed by atoms with van der Waals surface area (Å²) in [6, 6.07) is 7.97. The van der Waals surface area contributed by atoms with Crippen LogP contribution in [0.25, 0.3) is 0 Å². The Balaban J connectivity index is 2.50. The number of carbonyl (C=O) groups excluding carboxylic acids is 3. The minimum absolute atomic E-state index is 0.0560. The largest absolute Gasteiger partial charge is 0.354 e. The third-order valence-electron chi connectivity index (χ3n) is 2.75. The fourth-order valence-corrected chi connectivity index (χ4v) is 1.59. The molecule has 0 aliphatic rings. The van der Waals surface area contributed by atoms with Gasteiger partial charge in [-0.15, -0.1) is 0 Å². The first-order valence-electron chi connectivity index (χ1n) is 6.06. The summed E-state index contributed by atoms with van der Waals surface area (Å²) in [6.45, 7) is 1.65. The van der Waals surface area contributed by atoms with Crippen LogP contribution >= 0.6 is 0 Å². The van der Waals surface area contributed by atoms with Gasteiger partial charge < -0.3 is 16.8 Å². The molecule has 1 unspecified atom stereocenters. The van der Waals surface area contributed by atoms with E-state index in [4.69, 9.17) is 11.5 Å². The number of hydrogen-bond acceptors (Lipinski definition) is 4. The Morgan fingerprint density at radius 1 is 1.20 bits per heavy atom. The van der Waals surface area contributed by atoms with Crippen molar-refractivity contribution in [1.82, 2.24) is 10.6 Å². The van der Waals surface area contributed by atoms with Crippen molar-refractivity contribution in [3.63, 3.8) is 0 Å². The summed E-state index contributed by atoms with van der Waals surface area (Å²) in [5.74, 6) is -0.966. The summed E-state index contributed by atoms with van der Waals surface area (Å²) in [5.41, 5.74) is 10.3. The first-order valence-corrected chi connectivity index (χ1v) is 6.06. The van der Waals surface area contributed by atoms with Crippen LogP contribution in [0.4, 0.5) is 4.79 Å². The SMILES string of the molecule is CC(N)(C(=O)NCCC(=O)NC(N)=O)c1ccccc1. The topological polar surface area (TPSA) is 127 Å². The number of urea groups is 1. The minimum atomic E-state index is -1.19. The van der Waals surface area contributed by atoms with Crippen molar-refractivity contribution >= 4 is 17.8 Å². The molecule has 0 heterocycles. The van der Waals surface area contributed by atoms with E-state index < -0.39 is 23.4 Å². The van der Waals surface area contributed by atoms with Gasteiger partial charge in [0.05, 0.1) is 0 Å². The summed E-state index contributed by atoms with van der Waals surface area (Å²) >= 11 is 0. The van der Waals surface area contributed by atoms with E-state index in [9.17, 15) is 14.4 Å². The molecular weight excluding hydrogens is 260 g/mol. The van der Waals surface area contributed by atoms with Crippen molar-refractivity contribution in [2.75, 3.05) is 6.54 Å². The molecule has 1 aromatic rings. The van der Waals surface area contributed by atoms with Gasteiger partial charge in [-0.25, -0.2) is 4.79 Å². The molecule has 7 nitrogen and oxygen atoms in total. The van der Waals surface area contributed by atoms with Crippen LogP contribution in [0.2, 0.25) is 0 Å². The summed E-state index contributed by atoms with van der Waals surface area (Å²) in [5, 5.41) is 4.45. The molecule has 0 saturated heterocycles. The Labute approximate surface area is 116 Å². The maximum absolute atomic E-state index is 12.0. The standard InChI is InChI=1S/C13H18N4O3/c1-13(15,9-5-3-2-4-6-9)11(19)16-8-7-10(18)17-12(14)20/h2-6H,7-8,15H2,1H3,(H,16,19)(H3,14,17,18,20). The van der Waals surface area contributed by atoms with Gasteiger partial charge in [0.25, 0.3) is 0 Å². The molecule has 0 radical (unpaired) electrons. The van der Waals surface area contributed by atoms with Gasteiger partial charge in [0.2, 0.25) is 11.8 Å².